The van der Waals surface area contributed by atoms with Crippen LogP contribution in [-0.4, -0.2) is 13.2 Å². The number of hydrogen-bond donors (Lipinski definition) is 1. The minimum atomic E-state index is 0.700. The van der Waals surface area contributed by atoms with Crippen LogP contribution in [-0.2, 0) is 13.0 Å². The summed E-state index contributed by atoms with van der Waals surface area (Å²) < 4.78 is 11.3. The van der Waals surface area contributed by atoms with Crippen molar-refractivity contribution < 1.29 is 9.15 Å². The van der Waals surface area contributed by atoms with Crippen molar-refractivity contribution in [2.45, 2.75) is 38.8 Å². The Kier molecular flexibility index (Phi) is 3.00. The van der Waals surface area contributed by atoms with Gasteiger partial charge >= 0.3 is 0 Å². The van der Waals surface area contributed by atoms with Gasteiger partial charge in [-0.1, -0.05) is 6.92 Å². The van der Waals surface area contributed by atoms with Gasteiger partial charge in [-0.3, -0.25) is 0 Å². The number of hydrogen-bond acceptors (Lipinski definition) is 3. The van der Waals surface area contributed by atoms with Gasteiger partial charge in [-0.2, -0.15) is 0 Å². The van der Waals surface area contributed by atoms with Gasteiger partial charge in [-0.25, -0.2) is 0 Å². The number of ether oxygens (including phenoxy) is 1. The zero-order valence-electron chi connectivity index (χ0n) is 11.0. The Hall–Kier alpha value is -1.48. The van der Waals surface area contributed by atoms with E-state index < -0.39 is 0 Å². The fourth-order valence-electron chi connectivity index (χ4n) is 2.21. The van der Waals surface area contributed by atoms with Crippen LogP contribution in [0.15, 0.2) is 22.6 Å². The summed E-state index contributed by atoms with van der Waals surface area (Å²) in [5.74, 6) is 1.82. The molecular formula is C15H19NO2. The van der Waals surface area contributed by atoms with Crippen molar-refractivity contribution in [3.63, 3.8) is 0 Å². The van der Waals surface area contributed by atoms with Gasteiger partial charge in [0.25, 0.3) is 0 Å². The lowest BCUT2D eigenvalue weighted by Gasteiger charge is -2.03. The average Bonchev–Trinajstić information content (AvgIpc) is 3.13. The van der Waals surface area contributed by atoms with Gasteiger partial charge in [0.15, 0.2) is 11.3 Å². The molecule has 0 bridgehead atoms. The van der Waals surface area contributed by atoms with Crippen molar-refractivity contribution in [3.8, 4) is 5.75 Å². The third-order valence-corrected chi connectivity index (χ3v) is 3.46. The van der Waals surface area contributed by atoms with Crippen LogP contribution >= 0.6 is 0 Å². The molecule has 1 aliphatic rings. The maximum absolute atomic E-state index is 5.88. The second-order valence-corrected chi connectivity index (χ2v) is 4.94. The molecule has 2 aromatic rings. The van der Waals surface area contributed by atoms with E-state index in [1.165, 1.54) is 18.4 Å². The van der Waals surface area contributed by atoms with Crippen LogP contribution in [0.2, 0.25) is 0 Å². The van der Waals surface area contributed by atoms with Gasteiger partial charge in [-0.15, -0.1) is 0 Å². The minimum absolute atomic E-state index is 0.700. The summed E-state index contributed by atoms with van der Waals surface area (Å²) in [6.45, 7) is 2.96. The Morgan fingerprint density at radius 3 is 2.83 bits per heavy atom. The molecule has 0 amide bonds. The van der Waals surface area contributed by atoms with E-state index in [2.05, 4.69) is 30.4 Å². The first-order valence-electron chi connectivity index (χ1n) is 6.63. The molecule has 3 heteroatoms. The second-order valence-electron chi connectivity index (χ2n) is 4.94. The average molecular weight is 245 g/mol. The van der Waals surface area contributed by atoms with Crippen molar-refractivity contribution in [2.24, 2.45) is 0 Å². The summed E-state index contributed by atoms with van der Waals surface area (Å²) in [5, 5.41) is 4.60. The molecule has 0 unspecified atom stereocenters. The molecule has 1 fully saturated rings. The third kappa shape index (κ3) is 2.23. The predicted molar refractivity (Wildman–Crippen MR) is 72.0 cm³/mol. The molecule has 1 aliphatic carbocycles. The van der Waals surface area contributed by atoms with E-state index in [0.717, 1.165) is 35.4 Å². The van der Waals surface area contributed by atoms with Gasteiger partial charge in [-0.05, 0) is 43.0 Å². The SMILES string of the molecule is CCc1cc(OC)c2oc(CNC3CC3)cc2c1. The molecule has 0 atom stereocenters. The molecule has 3 nitrogen and oxygen atoms in total. The summed E-state index contributed by atoms with van der Waals surface area (Å²) in [4.78, 5) is 0. The molecule has 0 saturated heterocycles. The number of fused-ring (bicyclic) bond motifs is 1. The first-order chi connectivity index (χ1) is 8.80. The zero-order chi connectivity index (χ0) is 12.5. The molecule has 0 radical (unpaired) electrons. The molecule has 0 spiro atoms. The van der Waals surface area contributed by atoms with Crippen molar-refractivity contribution in [3.05, 3.63) is 29.5 Å². The van der Waals surface area contributed by atoms with E-state index in [4.69, 9.17) is 9.15 Å². The quantitative estimate of drug-likeness (QED) is 0.878. The molecule has 0 aliphatic heterocycles. The van der Waals surface area contributed by atoms with E-state index >= 15 is 0 Å². The maximum Gasteiger partial charge on any atom is 0.176 e. The van der Waals surface area contributed by atoms with Gasteiger partial charge < -0.3 is 14.5 Å². The van der Waals surface area contributed by atoms with Crippen molar-refractivity contribution >= 4 is 11.0 Å². The van der Waals surface area contributed by atoms with Crippen LogP contribution in [0.5, 0.6) is 5.75 Å². The Morgan fingerprint density at radius 2 is 2.17 bits per heavy atom. The Bertz CT molecular complexity index is 555. The van der Waals surface area contributed by atoms with Gasteiger partial charge in [0.2, 0.25) is 0 Å². The molecule has 1 heterocycles. The van der Waals surface area contributed by atoms with Gasteiger partial charge in [0.05, 0.1) is 13.7 Å². The van der Waals surface area contributed by atoms with Gasteiger partial charge in [0, 0.05) is 11.4 Å². The molecule has 1 aromatic carbocycles. The van der Waals surface area contributed by atoms with Crippen molar-refractivity contribution in [1.29, 1.82) is 0 Å². The van der Waals surface area contributed by atoms with Crippen LogP contribution in [0.4, 0.5) is 0 Å². The van der Waals surface area contributed by atoms with Crippen molar-refractivity contribution in [1.82, 2.24) is 5.32 Å². The summed E-state index contributed by atoms with van der Waals surface area (Å²) in [7, 11) is 1.69. The van der Waals surface area contributed by atoms with Crippen LogP contribution in [0.1, 0.15) is 31.1 Å². The van der Waals surface area contributed by atoms with Gasteiger partial charge in [0.1, 0.15) is 5.76 Å². The summed E-state index contributed by atoms with van der Waals surface area (Å²) in [5.41, 5.74) is 2.14. The normalized spacial score (nSPS) is 15.2. The smallest absolute Gasteiger partial charge is 0.176 e. The first kappa shape index (κ1) is 11.6. The van der Waals surface area contributed by atoms with Crippen LogP contribution in [0.25, 0.3) is 11.0 Å². The number of benzene rings is 1. The Labute approximate surface area is 107 Å². The summed E-state index contributed by atoms with van der Waals surface area (Å²) in [6, 6.07) is 7.06. The zero-order valence-corrected chi connectivity index (χ0v) is 11.0. The number of nitrogens with one attached hydrogen (secondary N) is 1. The molecule has 3 rings (SSSR count). The highest BCUT2D eigenvalue weighted by Crippen LogP contribution is 2.31. The van der Waals surface area contributed by atoms with Crippen LogP contribution in [0, 0.1) is 0 Å². The Morgan fingerprint density at radius 1 is 1.33 bits per heavy atom. The first-order valence-corrected chi connectivity index (χ1v) is 6.63. The molecule has 1 aromatic heterocycles. The van der Waals surface area contributed by atoms with E-state index in [0.29, 0.717) is 6.04 Å². The second kappa shape index (κ2) is 4.65. The lowest BCUT2D eigenvalue weighted by Crippen LogP contribution is -2.14. The molecule has 1 saturated carbocycles. The molecular weight excluding hydrogens is 226 g/mol. The highest BCUT2D eigenvalue weighted by atomic mass is 16.5. The molecule has 1 N–H and O–H groups in total. The van der Waals surface area contributed by atoms with E-state index in [-0.39, 0.29) is 0 Å². The number of methoxy groups -OCH3 is 1. The summed E-state index contributed by atoms with van der Waals surface area (Å²) >= 11 is 0. The highest BCUT2D eigenvalue weighted by molar-refractivity contribution is 5.84. The topological polar surface area (TPSA) is 34.4 Å². The maximum atomic E-state index is 5.88. The molecule has 18 heavy (non-hydrogen) atoms. The predicted octanol–water partition coefficient (Wildman–Crippen LogP) is 3.26. The van der Waals surface area contributed by atoms with E-state index in [1.807, 2.05) is 0 Å². The largest absolute Gasteiger partial charge is 0.493 e. The monoisotopic (exact) mass is 245 g/mol. The van der Waals surface area contributed by atoms with Crippen molar-refractivity contribution in [2.75, 3.05) is 7.11 Å². The molecule has 96 valence electrons. The standard InChI is InChI=1S/C15H19NO2/c1-3-10-6-11-8-13(9-16-12-4-5-12)18-15(11)14(7-10)17-2/h6-8,12,16H,3-5,9H2,1-2H3. The number of furan rings is 1. The van der Waals surface area contributed by atoms with Crippen LogP contribution in [0.3, 0.4) is 0 Å². The fraction of sp³-hybridized carbons (Fsp3) is 0.467. The minimum Gasteiger partial charge on any atom is -0.493 e. The van der Waals surface area contributed by atoms with E-state index in [9.17, 15) is 0 Å². The number of rotatable bonds is 5. The summed E-state index contributed by atoms with van der Waals surface area (Å²) in [6.07, 6.45) is 3.60. The lowest BCUT2D eigenvalue weighted by molar-refractivity contribution is 0.405. The number of aryl methyl sites for hydroxylation is 1. The fourth-order valence-corrected chi connectivity index (χ4v) is 2.21. The van der Waals surface area contributed by atoms with Crippen LogP contribution < -0.4 is 10.1 Å². The third-order valence-electron chi connectivity index (χ3n) is 3.46. The highest BCUT2D eigenvalue weighted by Gasteiger charge is 2.21. The Balaban J connectivity index is 1.92. The van der Waals surface area contributed by atoms with E-state index in [1.54, 1.807) is 7.11 Å². The lowest BCUT2D eigenvalue weighted by atomic mass is 10.1.